The Morgan fingerprint density at radius 2 is 1.71 bits per heavy atom. The molecule has 1 aliphatic heterocycles. The number of nitrogens with zero attached hydrogens (tertiary/aromatic N) is 3. The molecular weight excluding hydrogens is 386 g/mol. The number of halogens is 1. The van der Waals surface area contributed by atoms with E-state index in [1.54, 1.807) is 42.5 Å². The predicted molar refractivity (Wildman–Crippen MR) is 100 cm³/mol. The Balaban J connectivity index is 1.58. The maximum Gasteiger partial charge on any atom is 0.288 e. The maximum absolute atomic E-state index is 12.3. The van der Waals surface area contributed by atoms with E-state index in [9.17, 15) is 19.7 Å². The second-order valence-corrected chi connectivity index (χ2v) is 6.24. The van der Waals surface area contributed by atoms with Crippen molar-refractivity contribution in [2.45, 2.75) is 0 Å². The average Bonchev–Trinajstić information content (AvgIpc) is 3.25. The van der Waals surface area contributed by atoms with Crippen LogP contribution in [0.4, 0.5) is 5.69 Å². The number of nitro groups is 1. The van der Waals surface area contributed by atoms with E-state index in [4.69, 9.17) is 16.0 Å². The number of fused-ring (bicyclic) bond motifs is 1. The zero-order chi connectivity index (χ0) is 19.8. The number of imide groups is 1. The van der Waals surface area contributed by atoms with Gasteiger partial charge in [0.15, 0.2) is 0 Å². The zero-order valence-corrected chi connectivity index (χ0v) is 14.8. The zero-order valence-electron chi connectivity index (χ0n) is 14.0. The monoisotopic (exact) mass is 395 g/mol. The van der Waals surface area contributed by atoms with Gasteiger partial charge in [0.05, 0.1) is 22.3 Å². The van der Waals surface area contributed by atoms with Crippen molar-refractivity contribution in [3.8, 4) is 11.3 Å². The Kier molecular flexibility index (Phi) is 4.25. The van der Waals surface area contributed by atoms with Gasteiger partial charge in [-0.1, -0.05) is 23.7 Å². The number of amides is 2. The first-order chi connectivity index (χ1) is 13.5. The summed E-state index contributed by atoms with van der Waals surface area (Å²) in [7, 11) is 0. The number of hydrazone groups is 1. The van der Waals surface area contributed by atoms with Crippen LogP contribution in [0.15, 0.2) is 64.1 Å². The molecule has 0 bridgehead atoms. The van der Waals surface area contributed by atoms with Gasteiger partial charge in [-0.25, -0.2) is 0 Å². The minimum absolute atomic E-state index is 0.0210. The molecule has 2 aromatic carbocycles. The molecule has 8 nitrogen and oxygen atoms in total. The summed E-state index contributed by atoms with van der Waals surface area (Å²) < 4.78 is 5.59. The van der Waals surface area contributed by atoms with Crippen LogP contribution in [-0.2, 0) is 0 Å². The smallest absolute Gasteiger partial charge is 0.288 e. The van der Waals surface area contributed by atoms with Gasteiger partial charge in [-0.3, -0.25) is 19.7 Å². The lowest BCUT2D eigenvalue weighted by molar-refractivity contribution is -0.384. The molecule has 0 aliphatic carbocycles. The lowest BCUT2D eigenvalue weighted by Crippen LogP contribution is -2.23. The third kappa shape index (κ3) is 2.95. The van der Waals surface area contributed by atoms with Gasteiger partial charge in [0, 0.05) is 11.6 Å². The van der Waals surface area contributed by atoms with Crippen LogP contribution in [0.3, 0.4) is 0 Å². The van der Waals surface area contributed by atoms with Crippen molar-refractivity contribution in [3.05, 3.63) is 86.6 Å². The van der Waals surface area contributed by atoms with Gasteiger partial charge in [0.2, 0.25) is 0 Å². The highest BCUT2D eigenvalue weighted by Crippen LogP contribution is 2.31. The van der Waals surface area contributed by atoms with E-state index in [0.717, 1.165) is 5.01 Å². The molecule has 0 saturated heterocycles. The van der Waals surface area contributed by atoms with E-state index in [0.29, 0.717) is 22.5 Å². The molecule has 4 rings (SSSR count). The third-order valence-electron chi connectivity index (χ3n) is 4.13. The minimum atomic E-state index is -0.584. The van der Waals surface area contributed by atoms with Crippen molar-refractivity contribution >= 4 is 35.3 Å². The molecule has 3 aromatic rings. The lowest BCUT2D eigenvalue weighted by Gasteiger charge is -2.04. The quantitative estimate of drug-likeness (QED) is 0.285. The first kappa shape index (κ1) is 17.6. The summed E-state index contributed by atoms with van der Waals surface area (Å²) in [4.78, 5) is 35.0. The van der Waals surface area contributed by atoms with E-state index in [2.05, 4.69) is 5.10 Å². The van der Waals surface area contributed by atoms with Crippen molar-refractivity contribution in [1.82, 2.24) is 5.01 Å². The van der Waals surface area contributed by atoms with Crippen LogP contribution in [0, 0.1) is 10.1 Å². The van der Waals surface area contributed by atoms with Gasteiger partial charge in [-0.05, 0) is 36.4 Å². The number of furan rings is 1. The van der Waals surface area contributed by atoms with Gasteiger partial charge in [-0.15, -0.1) is 0 Å². The summed E-state index contributed by atoms with van der Waals surface area (Å²) in [6.07, 6.45) is 1.23. The maximum atomic E-state index is 12.3. The van der Waals surface area contributed by atoms with Gasteiger partial charge >= 0.3 is 0 Å². The average molecular weight is 396 g/mol. The third-order valence-corrected chi connectivity index (χ3v) is 4.45. The number of benzene rings is 2. The van der Waals surface area contributed by atoms with Crippen molar-refractivity contribution in [3.63, 3.8) is 0 Å². The minimum Gasteiger partial charge on any atom is -0.455 e. The molecule has 138 valence electrons. The molecule has 1 aromatic heterocycles. The summed E-state index contributed by atoms with van der Waals surface area (Å²) in [5, 5.41) is 15.7. The topological polar surface area (TPSA) is 106 Å². The summed E-state index contributed by atoms with van der Waals surface area (Å²) >= 11 is 5.81. The molecule has 0 spiro atoms. The Labute approximate surface area is 162 Å². The number of carbonyl (C=O) groups excluding carboxylic acids is 2. The van der Waals surface area contributed by atoms with Crippen LogP contribution in [0.5, 0.6) is 0 Å². The number of hydrogen-bond acceptors (Lipinski definition) is 6. The van der Waals surface area contributed by atoms with Crippen LogP contribution < -0.4 is 0 Å². The largest absolute Gasteiger partial charge is 0.455 e. The normalized spacial score (nSPS) is 13.4. The molecule has 0 atom stereocenters. The van der Waals surface area contributed by atoms with Crippen LogP contribution in [0.2, 0.25) is 5.02 Å². The van der Waals surface area contributed by atoms with E-state index < -0.39 is 16.7 Å². The number of carbonyl (C=O) groups is 2. The second kappa shape index (κ2) is 6.75. The number of rotatable bonds is 4. The highest BCUT2D eigenvalue weighted by molar-refractivity contribution is 6.32. The van der Waals surface area contributed by atoms with Gasteiger partial charge in [0.1, 0.15) is 16.5 Å². The standard InChI is InChI=1S/C19H10ClN3O5/c20-15-7-5-11(9-16(15)23(26)27)17-8-6-12(28-17)10-21-22-18(24)13-3-1-2-4-14(13)19(22)25/h1-10H/b21-10-. The Morgan fingerprint density at radius 1 is 1.04 bits per heavy atom. The summed E-state index contributed by atoms with van der Waals surface area (Å²) in [6.45, 7) is 0. The summed E-state index contributed by atoms with van der Waals surface area (Å²) in [5.41, 5.74) is 0.796. The molecule has 0 unspecified atom stereocenters. The van der Waals surface area contributed by atoms with E-state index in [1.807, 2.05) is 0 Å². The summed E-state index contributed by atoms with van der Waals surface area (Å²) in [6, 6.07) is 13.9. The molecular formula is C19H10ClN3O5. The van der Waals surface area contributed by atoms with Crippen LogP contribution in [-0.4, -0.2) is 28.0 Å². The predicted octanol–water partition coefficient (Wildman–Crippen LogP) is 4.14. The van der Waals surface area contributed by atoms with E-state index in [-0.39, 0.29) is 16.5 Å². The molecule has 2 heterocycles. The molecule has 0 N–H and O–H groups in total. The second-order valence-electron chi connectivity index (χ2n) is 5.84. The molecule has 9 heteroatoms. The molecule has 28 heavy (non-hydrogen) atoms. The SMILES string of the molecule is O=C1c2ccccc2C(=O)N1/N=C\c1ccc(-c2ccc(Cl)c([N+](=O)[O-])c2)o1. The molecule has 0 radical (unpaired) electrons. The first-order valence-corrected chi connectivity index (χ1v) is 8.39. The molecule has 0 fully saturated rings. The Hall–Kier alpha value is -3.78. The fraction of sp³-hybridized carbons (Fsp3) is 0. The van der Waals surface area contributed by atoms with Gasteiger partial charge in [0.25, 0.3) is 17.5 Å². The van der Waals surface area contributed by atoms with Crippen LogP contribution in [0.25, 0.3) is 11.3 Å². The number of hydrogen-bond donors (Lipinski definition) is 0. The fourth-order valence-corrected chi connectivity index (χ4v) is 2.97. The van der Waals surface area contributed by atoms with Crippen molar-refractivity contribution in [2.24, 2.45) is 5.10 Å². The van der Waals surface area contributed by atoms with Crippen LogP contribution >= 0.6 is 11.6 Å². The Bertz CT molecular complexity index is 1130. The van der Waals surface area contributed by atoms with E-state index in [1.165, 1.54) is 18.3 Å². The molecule has 0 saturated carbocycles. The van der Waals surface area contributed by atoms with Gasteiger partial charge < -0.3 is 4.42 Å². The van der Waals surface area contributed by atoms with Crippen molar-refractivity contribution < 1.29 is 18.9 Å². The number of nitro benzene ring substituents is 1. The van der Waals surface area contributed by atoms with Gasteiger partial charge in [-0.2, -0.15) is 10.1 Å². The fourth-order valence-electron chi connectivity index (χ4n) is 2.78. The lowest BCUT2D eigenvalue weighted by atomic mass is 10.1. The first-order valence-electron chi connectivity index (χ1n) is 8.01. The highest BCUT2D eigenvalue weighted by Gasteiger charge is 2.35. The van der Waals surface area contributed by atoms with Crippen LogP contribution in [0.1, 0.15) is 26.5 Å². The Morgan fingerprint density at radius 3 is 2.36 bits per heavy atom. The van der Waals surface area contributed by atoms with Crippen molar-refractivity contribution in [2.75, 3.05) is 0 Å². The van der Waals surface area contributed by atoms with Crippen molar-refractivity contribution in [1.29, 1.82) is 0 Å². The molecule has 2 amide bonds. The highest BCUT2D eigenvalue weighted by atomic mass is 35.5. The van der Waals surface area contributed by atoms with E-state index >= 15 is 0 Å². The molecule has 1 aliphatic rings. The summed E-state index contributed by atoms with van der Waals surface area (Å²) in [5.74, 6) is -0.415.